The molecule has 0 radical (unpaired) electrons. The van der Waals surface area contributed by atoms with Gasteiger partial charge in [0.25, 0.3) is 0 Å². The highest BCUT2D eigenvalue weighted by Crippen LogP contribution is 2.42. The molecule has 2 aromatic heterocycles. The van der Waals surface area contributed by atoms with Gasteiger partial charge in [0.05, 0.1) is 11.7 Å². The summed E-state index contributed by atoms with van der Waals surface area (Å²) in [7, 11) is 0. The van der Waals surface area contributed by atoms with E-state index in [0.29, 0.717) is 30.7 Å². The molecule has 182 valence electrons. The van der Waals surface area contributed by atoms with Crippen molar-refractivity contribution in [2.75, 3.05) is 13.1 Å². The van der Waals surface area contributed by atoms with Crippen LogP contribution in [0.1, 0.15) is 65.0 Å². The van der Waals surface area contributed by atoms with Crippen molar-refractivity contribution in [3.63, 3.8) is 0 Å². The van der Waals surface area contributed by atoms with Crippen molar-refractivity contribution in [1.82, 2.24) is 24.8 Å². The number of hydrogen-bond donors (Lipinski definition) is 1. The second-order valence-corrected chi connectivity index (χ2v) is 10.9. The fourth-order valence-corrected chi connectivity index (χ4v) is 5.94. The van der Waals surface area contributed by atoms with Crippen molar-refractivity contribution in [2.24, 2.45) is 0 Å². The second kappa shape index (κ2) is 8.89. The molecule has 2 aromatic rings. The van der Waals surface area contributed by atoms with Crippen molar-refractivity contribution in [1.29, 1.82) is 0 Å². The molecule has 0 spiro atoms. The van der Waals surface area contributed by atoms with Crippen LogP contribution in [0.2, 0.25) is 0 Å². The molecule has 3 fully saturated rings. The van der Waals surface area contributed by atoms with E-state index in [1.54, 1.807) is 24.7 Å². The third-order valence-corrected chi connectivity index (χ3v) is 7.56. The Balaban J connectivity index is 1.20. The smallest absolute Gasteiger partial charge is 0.410 e. The molecule has 1 saturated carbocycles. The van der Waals surface area contributed by atoms with Gasteiger partial charge in [-0.3, -0.25) is 9.88 Å². The maximum absolute atomic E-state index is 12.7. The highest BCUT2D eigenvalue weighted by Gasteiger charge is 2.49. The minimum atomic E-state index is -0.899. The quantitative estimate of drug-likeness (QED) is 0.738. The van der Waals surface area contributed by atoms with E-state index in [1.165, 1.54) is 0 Å². The van der Waals surface area contributed by atoms with Gasteiger partial charge in [-0.2, -0.15) is 0 Å². The third kappa shape index (κ3) is 4.53. The molecule has 34 heavy (non-hydrogen) atoms. The Kier molecular flexibility index (Phi) is 6.06. The van der Waals surface area contributed by atoms with Crippen molar-refractivity contribution >= 4 is 6.09 Å². The van der Waals surface area contributed by atoms with Crippen molar-refractivity contribution in [2.45, 2.75) is 88.6 Å². The van der Waals surface area contributed by atoms with Gasteiger partial charge in [-0.25, -0.2) is 14.8 Å². The van der Waals surface area contributed by atoms with Crippen LogP contribution in [0, 0.1) is 0 Å². The van der Waals surface area contributed by atoms with Crippen LogP contribution in [0.4, 0.5) is 4.79 Å². The van der Waals surface area contributed by atoms with Gasteiger partial charge in [0, 0.05) is 49.3 Å². The first-order valence-corrected chi connectivity index (χ1v) is 12.5. The minimum Gasteiger partial charge on any atom is -0.444 e. The maximum Gasteiger partial charge on any atom is 0.410 e. The number of pyridine rings is 1. The zero-order valence-electron chi connectivity index (χ0n) is 20.4. The van der Waals surface area contributed by atoms with Crippen LogP contribution < -0.4 is 0 Å². The number of hydrogen-bond acceptors (Lipinski definition) is 7. The van der Waals surface area contributed by atoms with Crippen molar-refractivity contribution in [3.8, 4) is 11.4 Å². The summed E-state index contributed by atoms with van der Waals surface area (Å²) in [6.45, 7) is 7.52. The molecule has 2 unspecified atom stereocenters. The predicted molar refractivity (Wildman–Crippen MR) is 128 cm³/mol. The molecule has 2 atom stereocenters. The molecule has 8 heteroatoms. The SMILES string of the molecule is CC(C)(C)OC(=O)N1CCC2C1CCN2C1CCC(O)(c2ccc(-c3ncccn3)cn2)CC1. The van der Waals surface area contributed by atoms with Crippen LogP contribution in [0.3, 0.4) is 0 Å². The van der Waals surface area contributed by atoms with Crippen molar-refractivity contribution < 1.29 is 14.6 Å². The van der Waals surface area contributed by atoms with Crippen LogP contribution >= 0.6 is 0 Å². The van der Waals surface area contributed by atoms with Gasteiger partial charge >= 0.3 is 6.09 Å². The fraction of sp³-hybridized carbons (Fsp3) is 0.615. The molecule has 1 aliphatic carbocycles. The zero-order valence-corrected chi connectivity index (χ0v) is 20.4. The van der Waals surface area contributed by atoms with Crippen LogP contribution in [-0.4, -0.2) is 72.8 Å². The molecule has 0 aromatic carbocycles. The summed E-state index contributed by atoms with van der Waals surface area (Å²) in [5.74, 6) is 0.637. The standard InChI is InChI=1S/C26H35N5O3/c1-25(2,3)34-24(32)31-16-10-20-21(31)9-15-30(20)19-7-11-26(33,12-8-19)22-6-5-18(17-29-22)23-27-13-4-14-28-23/h4-6,13-14,17,19-21,33H,7-12,15-16H2,1-3H3. The van der Waals surface area contributed by atoms with E-state index in [-0.39, 0.29) is 12.1 Å². The lowest BCUT2D eigenvalue weighted by Crippen LogP contribution is -2.47. The monoisotopic (exact) mass is 465 g/mol. The lowest BCUT2D eigenvalue weighted by Gasteiger charge is -2.41. The normalized spacial score (nSPS) is 29.8. The van der Waals surface area contributed by atoms with Crippen LogP contribution in [-0.2, 0) is 10.3 Å². The van der Waals surface area contributed by atoms with Gasteiger partial charge in [-0.05, 0) is 77.5 Å². The Hall–Kier alpha value is -2.58. The predicted octanol–water partition coefficient (Wildman–Crippen LogP) is 3.75. The van der Waals surface area contributed by atoms with E-state index in [4.69, 9.17) is 4.74 Å². The molecule has 2 saturated heterocycles. The molecule has 5 rings (SSSR count). The van der Waals surface area contributed by atoms with Crippen molar-refractivity contribution in [3.05, 3.63) is 42.5 Å². The van der Waals surface area contributed by atoms with E-state index < -0.39 is 11.2 Å². The van der Waals surface area contributed by atoms with Crippen LogP contribution in [0.25, 0.3) is 11.4 Å². The molecule has 1 amide bonds. The van der Waals surface area contributed by atoms with Gasteiger partial charge < -0.3 is 14.7 Å². The van der Waals surface area contributed by atoms with E-state index in [2.05, 4.69) is 19.9 Å². The van der Waals surface area contributed by atoms with E-state index in [1.807, 2.05) is 37.8 Å². The number of amides is 1. The molecular weight excluding hydrogens is 430 g/mol. The molecule has 0 bridgehead atoms. The maximum atomic E-state index is 12.7. The average molecular weight is 466 g/mol. The van der Waals surface area contributed by atoms with Gasteiger partial charge in [0.15, 0.2) is 5.82 Å². The highest BCUT2D eigenvalue weighted by molar-refractivity contribution is 5.69. The number of fused-ring (bicyclic) bond motifs is 1. The Morgan fingerprint density at radius 3 is 2.38 bits per heavy atom. The molecule has 8 nitrogen and oxygen atoms in total. The van der Waals surface area contributed by atoms with Crippen LogP contribution in [0.5, 0.6) is 0 Å². The average Bonchev–Trinajstić information content (AvgIpc) is 3.42. The van der Waals surface area contributed by atoms with E-state index in [9.17, 15) is 9.90 Å². The van der Waals surface area contributed by atoms with Gasteiger partial charge in [0.2, 0.25) is 0 Å². The number of carbonyl (C=O) groups excluding carboxylic acids is 1. The van der Waals surface area contributed by atoms with Gasteiger partial charge in [-0.1, -0.05) is 0 Å². The number of carbonyl (C=O) groups is 1. The molecule has 2 aliphatic heterocycles. The minimum absolute atomic E-state index is 0.185. The molecular formula is C26H35N5O3. The number of aliphatic hydroxyl groups is 1. The third-order valence-electron chi connectivity index (χ3n) is 7.56. The topological polar surface area (TPSA) is 91.7 Å². The molecule has 1 N–H and O–H groups in total. The Morgan fingerprint density at radius 2 is 1.74 bits per heavy atom. The number of aromatic nitrogens is 3. The summed E-state index contributed by atoms with van der Waals surface area (Å²) in [4.78, 5) is 30.3. The van der Waals surface area contributed by atoms with E-state index in [0.717, 1.165) is 50.0 Å². The summed E-state index contributed by atoms with van der Waals surface area (Å²) in [6.07, 6.45) is 10.2. The first-order chi connectivity index (χ1) is 16.2. The Bertz CT molecular complexity index is 999. The van der Waals surface area contributed by atoms with Gasteiger partial charge in [-0.15, -0.1) is 0 Å². The van der Waals surface area contributed by atoms with Gasteiger partial charge in [0.1, 0.15) is 11.2 Å². The molecule has 3 aliphatic rings. The first kappa shape index (κ1) is 23.2. The summed E-state index contributed by atoms with van der Waals surface area (Å²) >= 11 is 0. The largest absolute Gasteiger partial charge is 0.444 e. The summed E-state index contributed by atoms with van der Waals surface area (Å²) in [5.41, 5.74) is 0.202. The fourth-order valence-electron chi connectivity index (χ4n) is 5.94. The highest BCUT2D eigenvalue weighted by atomic mass is 16.6. The summed E-state index contributed by atoms with van der Waals surface area (Å²) < 4.78 is 5.64. The number of likely N-dealkylation sites (tertiary alicyclic amines) is 2. The second-order valence-electron chi connectivity index (χ2n) is 10.9. The first-order valence-electron chi connectivity index (χ1n) is 12.5. The Morgan fingerprint density at radius 1 is 1.03 bits per heavy atom. The number of ether oxygens (including phenoxy) is 1. The lowest BCUT2D eigenvalue weighted by molar-refractivity contribution is -0.0304. The summed E-state index contributed by atoms with van der Waals surface area (Å²) in [5, 5.41) is 11.4. The summed E-state index contributed by atoms with van der Waals surface area (Å²) in [6, 6.07) is 6.71. The molecule has 4 heterocycles. The number of rotatable bonds is 3. The van der Waals surface area contributed by atoms with E-state index >= 15 is 0 Å². The Labute approximate surface area is 201 Å². The lowest BCUT2D eigenvalue weighted by atomic mass is 9.79. The number of nitrogens with zero attached hydrogens (tertiary/aromatic N) is 5. The van der Waals surface area contributed by atoms with Crippen LogP contribution in [0.15, 0.2) is 36.8 Å². The zero-order chi connectivity index (χ0) is 23.9.